The number of hydrogen-bond acceptors (Lipinski definition) is 7. The second kappa shape index (κ2) is 11.0. The summed E-state index contributed by atoms with van der Waals surface area (Å²) in [6, 6.07) is 5.75. The lowest BCUT2D eigenvalue weighted by molar-refractivity contribution is -0.141. The number of ether oxygens (including phenoxy) is 1. The Morgan fingerprint density at radius 3 is 2.45 bits per heavy atom. The Morgan fingerprint density at radius 2 is 1.82 bits per heavy atom. The molecule has 3 aromatic heterocycles. The number of piperazine rings is 1. The third-order valence-corrected chi connectivity index (χ3v) is 5.64. The minimum absolute atomic E-state index is 0.116. The summed E-state index contributed by atoms with van der Waals surface area (Å²) in [5, 5.41) is 2.67. The average molecular weight is 572 g/mol. The van der Waals surface area contributed by atoms with E-state index in [1.165, 1.54) is 35.0 Å². The molecule has 2 amide bonds. The van der Waals surface area contributed by atoms with Gasteiger partial charge < -0.3 is 24.4 Å². The van der Waals surface area contributed by atoms with Crippen molar-refractivity contribution in [3.63, 3.8) is 0 Å². The van der Waals surface area contributed by atoms with E-state index >= 15 is 0 Å². The van der Waals surface area contributed by atoms with E-state index in [0.717, 1.165) is 18.0 Å². The molecule has 3 aromatic rings. The molecule has 202 valence electrons. The minimum Gasteiger partial charge on any atom is -0.413 e. The molecule has 1 N–H and O–H groups in total. The van der Waals surface area contributed by atoms with Crippen LogP contribution in [0, 0.1) is 0 Å². The Hall–Kier alpha value is -3.58. The summed E-state index contributed by atoms with van der Waals surface area (Å²) in [5.41, 5.74) is 0.302. The maximum Gasteiger partial charge on any atom is 0.433 e. The molecule has 0 unspecified atom stereocenters. The topological polar surface area (TPSA) is 105 Å². The molecule has 15 heteroatoms. The van der Waals surface area contributed by atoms with Gasteiger partial charge in [-0.1, -0.05) is 23.2 Å². The second-order valence-corrected chi connectivity index (χ2v) is 10.1. The van der Waals surface area contributed by atoms with E-state index in [4.69, 9.17) is 27.9 Å². The van der Waals surface area contributed by atoms with Crippen LogP contribution in [0.5, 0.6) is 0 Å². The van der Waals surface area contributed by atoms with E-state index < -0.39 is 28.4 Å². The van der Waals surface area contributed by atoms with Crippen LogP contribution in [0.1, 0.15) is 12.6 Å². The van der Waals surface area contributed by atoms with Crippen molar-refractivity contribution in [3.8, 4) is 11.3 Å². The van der Waals surface area contributed by atoms with Crippen LogP contribution in [-0.2, 0) is 22.3 Å². The Labute approximate surface area is 225 Å². The van der Waals surface area contributed by atoms with E-state index in [9.17, 15) is 22.8 Å². The van der Waals surface area contributed by atoms with Crippen molar-refractivity contribution >= 4 is 46.7 Å². The number of hydrogen-bond donors (Lipinski definition) is 1. The van der Waals surface area contributed by atoms with Gasteiger partial charge in [0.2, 0.25) is 5.91 Å². The predicted molar refractivity (Wildman–Crippen MR) is 134 cm³/mol. The van der Waals surface area contributed by atoms with Gasteiger partial charge >= 0.3 is 12.3 Å². The maximum absolute atomic E-state index is 12.9. The summed E-state index contributed by atoms with van der Waals surface area (Å²) in [6.45, 7) is 3.14. The van der Waals surface area contributed by atoms with Gasteiger partial charge in [0.25, 0.3) is 4.52 Å². The molecule has 0 spiro atoms. The Morgan fingerprint density at radius 1 is 1.08 bits per heavy atom. The number of alkyl halides is 5. The van der Waals surface area contributed by atoms with Gasteiger partial charge in [-0.05, 0) is 24.3 Å². The van der Waals surface area contributed by atoms with Gasteiger partial charge in [0.1, 0.15) is 18.1 Å². The smallest absolute Gasteiger partial charge is 0.413 e. The normalized spacial score (nSPS) is 14.4. The van der Waals surface area contributed by atoms with Gasteiger partial charge in [-0.3, -0.25) is 9.78 Å². The van der Waals surface area contributed by atoms with E-state index in [0.29, 0.717) is 32.0 Å². The Balaban J connectivity index is 1.29. The van der Waals surface area contributed by atoms with Crippen molar-refractivity contribution in [2.75, 3.05) is 36.4 Å². The van der Waals surface area contributed by atoms with Crippen molar-refractivity contribution in [1.82, 2.24) is 24.4 Å². The van der Waals surface area contributed by atoms with Crippen LogP contribution in [0.15, 0.2) is 49.2 Å². The molecule has 38 heavy (non-hydrogen) atoms. The number of imidazole rings is 1. The number of rotatable bonds is 6. The summed E-state index contributed by atoms with van der Waals surface area (Å²) in [6.07, 6.45) is 0.336. The molecule has 0 aromatic carbocycles. The van der Waals surface area contributed by atoms with Crippen molar-refractivity contribution in [2.24, 2.45) is 0 Å². The fourth-order valence-electron chi connectivity index (χ4n) is 3.70. The number of carbonyl (C=O) groups excluding carboxylic acids is 2. The molecule has 0 radical (unpaired) electrons. The van der Waals surface area contributed by atoms with Crippen molar-refractivity contribution < 1.29 is 27.5 Å². The first kappa shape index (κ1) is 27.5. The van der Waals surface area contributed by atoms with Gasteiger partial charge in [0.05, 0.1) is 23.9 Å². The van der Waals surface area contributed by atoms with Crippen LogP contribution < -0.4 is 10.2 Å². The number of halogens is 5. The summed E-state index contributed by atoms with van der Waals surface area (Å²) >= 11 is 11.4. The highest BCUT2D eigenvalue weighted by Gasteiger charge is 2.32. The number of aromatic nitrogens is 4. The number of pyridine rings is 2. The monoisotopic (exact) mass is 571 g/mol. The van der Waals surface area contributed by atoms with Crippen molar-refractivity contribution in [1.29, 1.82) is 0 Å². The molecule has 0 aliphatic carbocycles. The van der Waals surface area contributed by atoms with E-state index in [1.807, 2.05) is 4.90 Å². The van der Waals surface area contributed by atoms with Gasteiger partial charge in [0, 0.05) is 51.1 Å². The van der Waals surface area contributed by atoms with Gasteiger partial charge in [-0.25, -0.2) is 14.8 Å². The van der Waals surface area contributed by atoms with Gasteiger partial charge in [0.15, 0.2) is 0 Å². The van der Waals surface area contributed by atoms with E-state index in [-0.39, 0.29) is 17.8 Å². The fraction of sp³-hybridized carbons (Fsp3) is 0.348. The van der Waals surface area contributed by atoms with Crippen LogP contribution in [0.2, 0.25) is 0 Å². The fourth-order valence-corrected chi connectivity index (χ4v) is 3.83. The minimum atomic E-state index is -4.57. The zero-order valence-electron chi connectivity index (χ0n) is 20.0. The van der Waals surface area contributed by atoms with Crippen LogP contribution in [0.25, 0.3) is 11.3 Å². The molecule has 0 atom stereocenters. The van der Waals surface area contributed by atoms with Gasteiger partial charge in [-0.15, -0.1) is 0 Å². The number of nitrogens with one attached hydrogen (secondary N) is 1. The number of nitrogens with zero attached hydrogens (tertiary/aromatic N) is 6. The summed E-state index contributed by atoms with van der Waals surface area (Å²) in [7, 11) is 0. The number of amides is 2. The maximum atomic E-state index is 12.9. The molecular weight excluding hydrogens is 550 g/mol. The average Bonchev–Trinajstić information content (AvgIpc) is 3.31. The largest absolute Gasteiger partial charge is 0.433 e. The first-order chi connectivity index (χ1) is 17.9. The molecule has 1 aliphatic rings. The number of anilines is 2. The summed E-state index contributed by atoms with van der Waals surface area (Å²) in [4.78, 5) is 39.8. The zero-order chi connectivity index (χ0) is 27.5. The quantitative estimate of drug-likeness (QED) is 0.437. The highest BCUT2D eigenvalue weighted by atomic mass is 35.5. The Bertz CT molecular complexity index is 1290. The standard InChI is InChI=1S/C23H22Cl2F3N7O3/c1-22(24,25)38-21(37)35-8-6-34(7-9-35)16-2-3-19(30-11-16)32-20(36)13-33-12-17(31-14-33)15-4-5-29-18(10-15)23(26,27)28/h2-5,10-12,14H,6-9,13H2,1H3,(H,30,32,36). The summed E-state index contributed by atoms with van der Waals surface area (Å²) in [5.74, 6) is -0.0635. The highest BCUT2D eigenvalue weighted by molar-refractivity contribution is 6.47. The highest BCUT2D eigenvalue weighted by Crippen LogP contribution is 2.30. The van der Waals surface area contributed by atoms with E-state index in [1.54, 1.807) is 18.3 Å². The van der Waals surface area contributed by atoms with Gasteiger partial charge in [-0.2, -0.15) is 13.2 Å². The third kappa shape index (κ3) is 7.25. The predicted octanol–water partition coefficient (Wildman–Crippen LogP) is 4.41. The molecule has 4 heterocycles. The SMILES string of the molecule is CC(Cl)(Cl)OC(=O)N1CCN(c2ccc(NC(=O)Cn3cnc(-c4ccnc(C(F)(F)F)c4)c3)nc2)CC1. The Kier molecular flexibility index (Phi) is 7.97. The molecule has 0 saturated carbocycles. The molecular formula is C23H22Cl2F3N7O3. The summed E-state index contributed by atoms with van der Waals surface area (Å²) < 4.78 is 43.6. The lowest BCUT2D eigenvalue weighted by Crippen LogP contribution is -2.49. The van der Waals surface area contributed by atoms with Crippen LogP contribution in [0.4, 0.5) is 29.5 Å². The second-order valence-electron chi connectivity index (χ2n) is 8.46. The first-order valence-electron chi connectivity index (χ1n) is 11.3. The van der Waals surface area contributed by atoms with Crippen LogP contribution in [-0.4, -0.2) is 67.1 Å². The van der Waals surface area contributed by atoms with Crippen molar-refractivity contribution in [2.45, 2.75) is 24.2 Å². The van der Waals surface area contributed by atoms with E-state index in [2.05, 4.69) is 20.3 Å². The molecule has 10 nitrogen and oxygen atoms in total. The number of carbonyl (C=O) groups is 2. The molecule has 0 bridgehead atoms. The molecule has 1 saturated heterocycles. The lowest BCUT2D eigenvalue weighted by Gasteiger charge is -2.36. The first-order valence-corrected chi connectivity index (χ1v) is 12.0. The van der Waals surface area contributed by atoms with Crippen LogP contribution >= 0.6 is 23.2 Å². The zero-order valence-corrected chi connectivity index (χ0v) is 21.5. The van der Waals surface area contributed by atoms with Crippen LogP contribution in [0.3, 0.4) is 0 Å². The third-order valence-electron chi connectivity index (χ3n) is 5.49. The molecule has 4 rings (SSSR count). The lowest BCUT2D eigenvalue weighted by atomic mass is 10.2. The molecule has 1 fully saturated rings. The van der Waals surface area contributed by atoms with Crippen molar-refractivity contribution in [3.05, 3.63) is 54.9 Å². The molecule has 1 aliphatic heterocycles.